The minimum Gasteiger partial charge on any atom is -0.507 e. The van der Waals surface area contributed by atoms with Crippen molar-refractivity contribution in [2.75, 3.05) is 0 Å². The summed E-state index contributed by atoms with van der Waals surface area (Å²) in [5, 5.41) is 9.84. The zero-order valence-corrected chi connectivity index (χ0v) is 13.5. The van der Waals surface area contributed by atoms with E-state index in [1.54, 1.807) is 0 Å². The molecular formula is C15H15IN2O2. The number of hydrogen-bond acceptors (Lipinski definition) is 3. The summed E-state index contributed by atoms with van der Waals surface area (Å²) in [4.78, 5) is 19.5. The second-order valence-electron chi connectivity index (χ2n) is 5.35. The van der Waals surface area contributed by atoms with Crippen molar-refractivity contribution in [3.63, 3.8) is 0 Å². The van der Waals surface area contributed by atoms with Crippen molar-refractivity contribution in [2.45, 2.75) is 32.6 Å². The van der Waals surface area contributed by atoms with E-state index in [9.17, 15) is 9.90 Å². The molecular weight excluding hydrogens is 367 g/mol. The predicted octanol–water partition coefficient (Wildman–Crippen LogP) is 3.24. The van der Waals surface area contributed by atoms with E-state index >= 15 is 0 Å². The highest BCUT2D eigenvalue weighted by Crippen LogP contribution is 2.40. The zero-order chi connectivity index (χ0) is 14.4. The molecule has 5 heteroatoms. The number of nitrogens with one attached hydrogen (secondary N) is 1. The lowest BCUT2D eigenvalue weighted by molar-refractivity contribution is 0.467. The summed E-state index contributed by atoms with van der Waals surface area (Å²) in [6.45, 7) is 3.69. The molecule has 1 heterocycles. The third kappa shape index (κ3) is 2.34. The Labute approximate surface area is 130 Å². The van der Waals surface area contributed by atoms with Gasteiger partial charge in [0.2, 0.25) is 0 Å². The van der Waals surface area contributed by atoms with Crippen molar-refractivity contribution in [1.29, 1.82) is 0 Å². The maximum absolute atomic E-state index is 12.1. The number of phenols is 1. The van der Waals surface area contributed by atoms with Crippen molar-refractivity contribution < 1.29 is 5.11 Å². The first kappa shape index (κ1) is 13.6. The van der Waals surface area contributed by atoms with E-state index in [-0.39, 0.29) is 5.56 Å². The first-order valence-electron chi connectivity index (χ1n) is 6.57. The number of aromatic amines is 1. The molecule has 1 fully saturated rings. The Bertz CT molecular complexity index is 725. The Kier molecular flexibility index (Phi) is 3.32. The number of rotatable bonds is 2. The molecule has 0 saturated heterocycles. The normalized spacial score (nSPS) is 14.6. The van der Waals surface area contributed by atoms with Gasteiger partial charge in [0.05, 0.1) is 9.26 Å². The quantitative estimate of drug-likeness (QED) is 0.784. The monoisotopic (exact) mass is 382 g/mol. The minimum absolute atomic E-state index is 0.0825. The molecule has 1 aromatic heterocycles. The summed E-state index contributed by atoms with van der Waals surface area (Å²) in [7, 11) is 0. The molecule has 0 bridgehead atoms. The van der Waals surface area contributed by atoms with Gasteiger partial charge < -0.3 is 10.1 Å². The minimum atomic E-state index is -0.0825. The largest absolute Gasteiger partial charge is 0.507 e. The van der Waals surface area contributed by atoms with E-state index in [0.717, 1.165) is 35.2 Å². The van der Waals surface area contributed by atoms with Crippen LogP contribution >= 0.6 is 22.6 Å². The molecule has 2 aromatic rings. The predicted molar refractivity (Wildman–Crippen MR) is 86.1 cm³/mol. The first-order chi connectivity index (χ1) is 9.47. The second-order valence-corrected chi connectivity index (χ2v) is 6.43. The summed E-state index contributed by atoms with van der Waals surface area (Å²) in [5.41, 5.74) is 3.24. The van der Waals surface area contributed by atoms with Crippen molar-refractivity contribution in [3.8, 4) is 17.1 Å². The van der Waals surface area contributed by atoms with Gasteiger partial charge in [-0.3, -0.25) is 4.79 Å². The van der Waals surface area contributed by atoms with Crippen molar-refractivity contribution in [3.05, 3.63) is 42.9 Å². The first-order valence-corrected chi connectivity index (χ1v) is 7.65. The number of aryl methyl sites for hydroxylation is 2. The highest BCUT2D eigenvalue weighted by atomic mass is 127. The average molecular weight is 382 g/mol. The van der Waals surface area contributed by atoms with Gasteiger partial charge >= 0.3 is 0 Å². The smallest absolute Gasteiger partial charge is 0.264 e. The number of nitrogens with zero attached hydrogens (tertiary/aromatic N) is 1. The van der Waals surface area contributed by atoms with Crippen LogP contribution in [0.2, 0.25) is 0 Å². The van der Waals surface area contributed by atoms with Gasteiger partial charge in [-0.25, -0.2) is 4.98 Å². The molecule has 20 heavy (non-hydrogen) atoms. The van der Waals surface area contributed by atoms with Crippen LogP contribution in [0.4, 0.5) is 0 Å². The van der Waals surface area contributed by atoms with Gasteiger partial charge in [0.1, 0.15) is 11.6 Å². The molecule has 104 valence electrons. The lowest BCUT2D eigenvalue weighted by Gasteiger charge is -2.09. The molecule has 1 aromatic carbocycles. The van der Waals surface area contributed by atoms with E-state index in [2.05, 4.69) is 32.6 Å². The van der Waals surface area contributed by atoms with Gasteiger partial charge in [0, 0.05) is 11.5 Å². The maximum atomic E-state index is 12.1. The summed E-state index contributed by atoms with van der Waals surface area (Å²) in [5.74, 6) is 1.31. The van der Waals surface area contributed by atoms with Crippen LogP contribution in [0.1, 0.15) is 35.6 Å². The van der Waals surface area contributed by atoms with Crippen LogP contribution < -0.4 is 5.56 Å². The molecule has 1 aliphatic rings. The Morgan fingerprint density at radius 3 is 2.45 bits per heavy atom. The molecule has 0 amide bonds. The molecule has 0 aliphatic heterocycles. The van der Waals surface area contributed by atoms with E-state index < -0.39 is 0 Å². The van der Waals surface area contributed by atoms with Crippen molar-refractivity contribution in [1.82, 2.24) is 9.97 Å². The fraction of sp³-hybridized carbons (Fsp3) is 0.333. The molecule has 1 saturated carbocycles. The average Bonchev–Trinajstić information content (AvgIpc) is 3.22. The van der Waals surface area contributed by atoms with Crippen LogP contribution in [-0.4, -0.2) is 15.1 Å². The van der Waals surface area contributed by atoms with E-state index in [1.165, 1.54) is 0 Å². The number of phenolic OH excluding ortho intramolecular Hbond substituents is 1. The molecule has 2 N–H and O–H groups in total. The SMILES string of the molecule is Cc1cc(-c2nc(C3CC3)c(I)c(=O)[nH]2)cc(C)c1O. The Balaban J connectivity index is 2.17. The van der Waals surface area contributed by atoms with Crippen LogP contribution in [0.15, 0.2) is 16.9 Å². The molecule has 3 rings (SSSR count). The molecule has 0 spiro atoms. The third-order valence-corrected chi connectivity index (χ3v) is 4.66. The Hall–Kier alpha value is -1.37. The van der Waals surface area contributed by atoms with Crippen LogP contribution in [0.25, 0.3) is 11.4 Å². The van der Waals surface area contributed by atoms with E-state index in [4.69, 9.17) is 0 Å². The van der Waals surface area contributed by atoms with Crippen LogP contribution in [0.5, 0.6) is 5.75 Å². The van der Waals surface area contributed by atoms with Crippen LogP contribution in [0, 0.1) is 17.4 Å². The Morgan fingerprint density at radius 2 is 1.90 bits per heavy atom. The van der Waals surface area contributed by atoms with Gasteiger partial charge in [0.25, 0.3) is 5.56 Å². The van der Waals surface area contributed by atoms with Gasteiger partial charge in [-0.05, 0) is 72.5 Å². The number of H-pyrrole nitrogens is 1. The van der Waals surface area contributed by atoms with Crippen LogP contribution in [0.3, 0.4) is 0 Å². The van der Waals surface area contributed by atoms with Crippen LogP contribution in [-0.2, 0) is 0 Å². The number of aromatic nitrogens is 2. The number of benzene rings is 1. The molecule has 4 nitrogen and oxygen atoms in total. The Morgan fingerprint density at radius 1 is 1.30 bits per heavy atom. The fourth-order valence-corrected chi connectivity index (χ4v) is 3.03. The number of hydrogen-bond donors (Lipinski definition) is 2. The fourth-order valence-electron chi connectivity index (χ4n) is 2.33. The van der Waals surface area contributed by atoms with Gasteiger partial charge in [0.15, 0.2) is 0 Å². The molecule has 1 aliphatic carbocycles. The van der Waals surface area contributed by atoms with E-state index in [0.29, 0.717) is 21.1 Å². The lowest BCUT2D eigenvalue weighted by atomic mass is 10.1. The second kappa shape index (κ2) is 4.87. The van der Waals surface area contributed by atoms with E-state index in [1.807, 2.05) is 26.0 Å². The number of aromatic hydroxyl groups is 1. The zero-order valence-electron chi connectivity index (χ0n) is 11.3. The number of halogens is 1. The van der Waals surface area contributed by atoms with Crippen molar-refractivity contribution >= 4 is 22.6 Å². The van der Waals surface area contributed by atoms with Crippen molar-refractivity contribution in [2.24, 2.45) is 0 Å². The lowest BCUT2D eigenvalue weighted by Crippen LogP contribution is -2.16. The van der Waals surface area contributed by atoms with Gasteiger partial charge in [-0.15, -0.1) is 0 Å². The highest BCUT2D eigenvalue weighted by molar-refractivity contribution is 14.1. The maximum Gasteiger partial charge on any atom is 0.264 e. The molecule has 0 unspecified atom stereocenters. The molecule has 0 radical (unpaired) electrons. The highest BCUT2D eigenvalue weighted by Gasteiger charge is 2.29. The van der Waals surface area contributed by atoms with Gasteiger partial charge in [-0.1, -0.05) is 0 Å². The summed E-state index contributed by atoms with van der Waals surface area (Å²) < 4.78 is 0.695. The topological polar surface area (TPSA) is 66.0 Å². The third-order valence-electron chi connectivity index (χ3n) is 3.62. The standard InChI is InChI=1S/C15H15IN2O2/c1-7-5-10(6-8(2)13(7)19)14-17-12(9-3-4-9)11(16)15(20)18-14/h5-6,9,19H,3-4H2,1-2H3,(H,17,18,20). The summed E-state index contributed by atoms with van der Waals surface area (Å²) in [6, 6.07) is 3.70. The van der Waals surface area contributed by atoms with Gasteiger partial charge in [-0.2, -0.15) is 0 Å². The molecule has 0 atom stereocenters. The summed E-state index contributed by atoms with van der Waals surface area (Å²) >= 11 is 2.07. The summed E-state index contributed by atoms with van der Waals surface area (Å²) in [6.07, 6.45) is 2.22.